The molecule has 0 spiro atoms. The number of halogens is 1. The fourth-order valence-electron chi connectivity index (χ4n) is 2.70. The molecule has 5 nitrogen and oxygen atoms in total. The molecule has 0 bridgehead atoms. The number of unbranched alkanes of at least 4 members (excludes halogenated alkanes) is 1. The summed E-state index contributed by atoms with van der Waals surface area (Å²) < 4.78 is 5.12. The highest BCUT2D eigenvalue weighted by Crippen LogP contribution is 2.10. The number of methoxy groups -OCH3 is 1. The van der Waals surface area contributed by atoms with Gasteiger partial charge in [-0.25, -0.2) is 0 Å². The van der Waals surface area contributed by atoms with Crippen LogP contribution in [-0.2, 0) is 4.74 Å². The first-order valence-electron chi connectivity index (χ1n) is 8.47. The van der Waals surface area contributed by atoms with E-state index in [0.717, 1.165) is 32.1 Å². The van der Waals surface area contributed by atoms with Gasteiger partial charge in [0, 0.05) is 53.0 Å². The van der Waals surface area contributed by atoms with Crippen molar-refractivity contribution >= 4 is 41.7 Å². The van der Waals surface area contributed by atoms with Gasteiger partial charge in [-0.3, -0.25) is 4.99 Å². The third-order valence-electron chi connectivity index (χ3n) is 4.04. The second kappa shape index (κ2) is 15.8. The molecule has 1 fully saturated rings. The van der Waals surface area contributed by atoms with Crippen molar-refractivity contribution in [1.29, 1.82) is 0 Å². The van der Waals surface area contributed by atoms with Crippen LogP contribution >= 0.6 is 35.7 Å². The normalized spacial score (nSPS) is 16.9. The van der Waals surface area contributed by atoms with E-state index in [1.165, 1.54) is 44.5 Å². The average molecular weight is 458 g/mol. The van der Waals surface area contributed by atoms with Crippen molar-refractivity contribution in [1.82, 2.24) is 15.5 Å². The second-order valence-electron chi connectivity index (χ2n) is 5.81. The number of piperidine rings is 1. The molecule has 1 heterocycles. The molecule has 0 aromatic heterocycles. The Morgan fingerprint density at radius 3 is 2.61 bits per heavy atom. The molecule has 0 unspecified atom stereocenters. The maximum atomic E-state index is 5.12. The first kappa shape index (κ1) is 23.3. The minimum absolute atomic E-state index is 0. The van der Waals surface area contributed by atoms with Gasteiger partial charge in [-0.05, 0) is 44.1 Å². The molecule has 0 aromatic carbocycles. The lowest BCUT2D eigenvalue weighted by molar-refractivity contribution is 0.155. The summed E-state index contributed by atoms with van der Waals surface area (Å²) in [4.78, 5) is 6.88. The zero-order chi connectivity index (χ0) is 16.0. The summed E-state index contributed by atoms with van der Waals surface area (Å²) in [6.45, 7) is 5.38. The van der Waals surface area contributed by atoms with Gasteiger partial charge in [0.25, 0.3) is 0 Å². The van der Waals surface area contributed by atoms with Crippen LogP contribution in [0.4, 0.5) is 0 Å². The fourth-order valence-corrected chi connectivity index (χ4v) is 3.19. The maximum absolute atomic E-state index is 5.12. The zero-order valence-electron chi connectivity index (χ0n) is 15.0. The second-order valence-corrected chi connectivity index (χ2v) is 6.79. The van der Waals surface area contributed by atoms with Crippen LogP contribution in [0.15, 0.2) is 4.99 Å². The molecule has 7 heteroatoms. The topological polar surface area (TPSA) is 48.9 Å². The monoisotopic (exact) mass is 458 g/mol. The van der Waals surface area contributed by atoms with Gasteiger partial charge < -0.3 is 20.3 Å². The third kappa shape index (κ3) is 11.4. The number of hydrogen-bond donors (Lipinski definition) is 2. The van der Waals surface area contributed by atoms with Crippen LogP contribution in [-0.4, -0.2) is 75.9 Å². The molecule has 1 aliphatic rings. The van der Waals surface area contributed by atoms with Gasteiger partial charge in [0.2, 0.25) is 0 Å². The van der Waals surface area contributed by atoms with E-state index >= 15 is 0 Å². The van der Waals surface area contributed by atoms with Crippen LogP contribution in [0.25, 0.3) is 0 Å². The van der Waals surface area contributed by atoms with Crippen LogP contribution in [0.1, 0.15) is 32.1 Å². The number of likely N-dealkylation sites (tertiary alicyclic amines) is 1. The number of ether oxygens (including phenoxy) is 1. The Hall–Kier alpha value is 0.270. The van der Waals surface area contributed by atoms with Gasteiger partial charge in [0.05, 0.1) is 0 Å². The molecule has 2 N–H and O–H groups in total. The van der Waals surface area contributed by atoms with E-state index in [9.17, 15) is 0 Å². The molecule has 23 heavy (non-hydrogen) atoms. The van der Waals surface area contributed by atoms with Crippen LogP contribution in [0.3, 0.4) is 0 Å². The van der Waals surface area contributed by atoms with Crippen molar-refractivity contribution in [3.05, 3.63) is 0 Å². The van der Waals surface area contributed by atoms with E-state index < -0.39 is 0 Å². The van der Waals surface area contributed by atoms with E-state index in [2.05, 4.69) is 26.8 Å². The first-order valence-corrected chi connectivity index (χ1v) is 9.87. The van der Waals surface area contributed by atoms with Crippen LogP contribution < -0.4 is 10.6 Å². The number of thioether (sulfide) groups is 1. The van der Waals surface area contributed by atoms with Gasteiger partial charge >= 0.3 is 0 Å². The van der Waals surface area contributed by atoms with Gasteiger partial charge in [-0.2, -0.15) is 11.8 Å². The highest BCUT2D eigenvalue weighted by Gasteiger charge is 2.19. The molecule has 0 saturated carbocycles. The molecule has 0 radical (unpaired) electrons. The minimum Gasteiger partial charge on any atom is -0.385 e. The van der Waals surface area contributed by atoms with Crippen molar-refractivity contribution in [2.75, 3.05) is 59.0 Å². The Kier molecular flexibility index (Phi) is 16.0. The highest BCUT2D eigenvalue weighted by molar-refractivity contribution is 14.0. The minimum atomic E-state index is 0. The molecule has 1 aliphatic heterocycles. The van der Waals surface area contributed by atoms with E-state index in [4.69, 9.17) is 4.74 Å². The van der Waals surface area contributed by atoms with Crippen molar-refractivity contribution in [3.63, 3.8) is 0 Å². The Labute approximate surface area is 163 Å². The molecular formula is C16H35IN4OS. The number of rotatable bonds is 10. The smallest absolute Gasteiger partial charge is 0.191 e. The summed E-state index contributed by atoms with van der Waals surface area (Å²) in [5.41, 5.74) is 0. The lowest BCUT2D eigenvalue weighted by atomic mass is 10.1. The van der Waals surface area contributed by atoms with E-state index in [1.807, 2.05) is 18.8 Å². The number of nitrogens with zero attached hydrogens (tertiary/aromatic N) is 2. The number of nitrogens with one attached hydrogen (secondary N) is 2. The van der Waals surface area contributed by atoms with Crippen molar-refractivity contribution < 1.29 is 4.74 Å². The van der Waals surface area contributed by atoms with Gasteiger partial charge in [-0.1, -0.05) is 0 Å². The van der Waals surface area contributed by atoms with Crippen LogP contribution in [0.5, 0.6) is 0 Å². The molecule has 0 aromatic rings. The Morgan fingerprint density at radius 1 is 1.26 bits per heavy atom. The van der Waals surface area contributed by atoms with E-state index in [-0.39, 0.29) is 24.0 Å². The molecular weight excluding hydrogens is 423 g/mol. The highest BCUT2D eigenvalue weighted by atomic mass is 127. The largest absolute Gasteiger partial charge is 0.385 e. The standard InChI is InChI=1S/C16H34N4OS.HI/c1-17-16(18-9-4-5-14-22-3)19-15-7-11-20(12-8-15)10-6-13-21-2;/h15H,4-14H2,1-3H3,(H2,17,18,19);1H. The van der Waals surface area contributed by atoms with Crippen molar-refractivity contribution in [3.8, 4) is 0 Å². The summed E-state index contributed by atoms with van der Waals surface area (Å²) in [5, 5.41) is 6.99. The maximum Gasteiger partial charge on any atom is 0.191 e. The Morgan fingerprint density at radius 2 is 2.00 bits per heavy atom. The first-order chi connectivity index (χ1) is 10.8. The number of guanidine groups is 1. The van der Waals surface area contributed by atoms with Crippen LogP contribution in [0, 0.1) is 0 Å². The molecule has 138 valence electrons. The zero-order valence-corrected chi connectivity index (χ0v) is 18.1. The predicted molar refractivity (Wildman–Crippen MR) is 113 cm³/mol. The summed E-state index contributed by atoms with van der Waals surface area (Å²) in [6, 6.07) is 0.552. The van der Waals surface area contributed by atoms with Gasteiger partial charge in [-0.15, -0.1) is 24.0 Å². The lowest BCUT2D eigenvalue weighted by Gasteiger charge is -2.33. The molecule has 0 aliphatic carbocycles. The fraction of sp³-hybridized carbons (Fsp3) is 0.938. The van der Waals surface area contributed by atoms with Crippen molar-refractivity contribution in [2.24, 2.45) is 4.99 Å². The summed E-state index contributed by atoms with van der Waals surface area (Å²) in [6.07, 6.45) is 8.16. The lowest BCUT2D eigenvalue weighted by Crippen LogP contribution is -2.49. The number of hydrogen-bond acceptors (Lipinski definition) is 4. The number of aliphatic imine (C=N–C) groups is 1. The van der Waals surface area contributed by atoms with E-state index in [0.29, 0.717) is 6.04 Å². The molecule has 0 atom stereocenters. The quantitative estimate of drug-likeness (QED) is 0.228. The predicted octanol–water partition coefficient (Wildman–Crippen LogP) is 2.41. The van der Waals surface area contributed by atoms with Gasteiger partial charge in [0.1, 0.15) is 0 Å². The van der Waals surface area contributed by atoms with Crippen LogP contribution in [0.2, 0.25) is 0 Å². The Bertz CT molecular complexity index is 300. The molecule has 0 amide bonds. The van der Waals surface area contributed by atoms with Gasteiger partial charge in [0.15, 0.2) is 5.96 Å². The average Bonchev–Trinajstić information content (AvgIpc) is 2.55. The SMILES string of the molecule is CN=C(NCCCCSC)NC1CCN(CCCOC)CC1.I. The third-order valence-corrected chi connectivity index (χ3v) is 4.74. The molecule has 1 rings (SSSR count). The summed E-state index contributed by atoms with van der Waals surface area (Å²) >= 11 is 1.92. The summed E-state index contributed by atoms with van der Waals surface area (Å²) in [5.74, 6) is 2.21. The molecule has 1 saturated heterocycles. The Balaban J connectivity index is 0.00000484. The van der Waals surface area contributed by atoms with E-state index in [1.54, 1.807) is 7.11 Å². The van der Waals surface area contributed by atoms with Crippen molar-refractivity contribution in [2.45, 2.75) is 38.1 Å². The summed E-state index contributed by atoms with van der Waals surface area (Å²) in [7, 11) is 3.63.